The summed E-state index contributed by atoms with van der Waals surface area (Å²) >= 11 is 1.15. The van der Waals surface area contributed by atoms with Crippen molar-refractivity contribution in [3.63, 3.8) is 0 Å². The first-order valence-electron chi connectivity index (χ1n) is 12.3. The molecule has 0 fully saturated rings. The number of para-hydroxylation sites is 2. The van der Waals surface area contributed by atoms with E-state index in [2.05, 4.69) is 17.5 Å². The molecule has 0 unspecified atom stereocenters. The molecule has 0 radical (unpaired) electrons. The summed E-state index contributed by atoms with van der Waals surface area (Å²) in [6, 6.07) is 23.2. The topological polar surface area (TPSA) is 74.9 Å². The van der Waals surface area contributed by atoms with Gasteiger partial charge in [0.1, 0.15) is 10.7 Å². The number of benzene rings is 3. The predicted molar refractivity (Wildman–Crippen MR) is 151 cm³/mol. The number of nitriles is 1. The third-order valence-electron chi connectivity index (χ3n) is 6.34. The number of aryl methyl sites for hydroxylation is 4. The molecule has 0 aliphatic rings. The third kappa shape index (κ3) is 5.32. The first-order chi connectivity index (χ1) is 17.9. The van der Waals surface area contributed by atoms with Crippen molar-refractivity contribution in [2.75, 3.05) is 5.32 Å². The summed E-state index contributed by atoms with van der Waals surface area (Å²) in [4.78, 5) is 27.2. The minimum atomic E-state index is -0.526. The van der Waals surface area contributed by atoms with Crippen LogP contribution in [0.4, 0.5) is 5.69 Å². The normalized spacial score (nSPS) is 12.2. The number of nitrogens with one attached hydrogen (secondary N) is 1. The van der Waals surface area contributed by atoms with Gasteiger partial charge in [-0.1, -0.05) is 74.0 Å². The Bertz CT molecular complexity index is 1670. The molecule has 1 N–H and O–H groups in total. The molecule has 0 aliphatic carbocycles. The number of aromatic nitrogens is 1. The van der Waals surface area contributed by atoms with E-state index in [1.807, 2.05) is 82.3 Å². The van der Waals surface area contributed by atoms with Crippen LogP contribution in [0.5, 0.6) is 0 Å². The molecule has 4 rings (SSSR count). The molecule has 0 saturated heterocycles. The Kier molecular flexibility index (Phi) is 7.86. The van der Waals surface area contributed by atoms with Gasteiger partial charge in [0.05, 0.1) is 10.2 Å². The van der Waals surface area contributed by atoms with Gasteiger partial charge in [-0.3, -0.25) is 14.2 Å². The molecular formula is C31H29N3O2S. The molecule has 186 valence electrons. The van der Waals surface area contributed by atoms with Crippen molar-refractivity contribution in [1.29, 1.82) is 5.26 Å². The van der Waals surface area contributed by atoms with Crippen molar-refractivity contribution in [1.82, 2.24) is 4.57 Å². The molecule has 5 nitrogen and oxygen atoms in total. The second kappa shape index (κ2) is 11.2. The second-order valence-corrected chi connectivity index (χ2v) is 9.88. The molecule has 1 amide bonds. The van der Waals surface area contributed by atoms with Gasteiger partial charge in [-0.05, 0) is 67.2 Å². The van der Waals surface area contributed by atoms with Crippen LogP contribution in [0.25, 0.3) is 17.3 Å². The average Bonchev–Trinajstić information content (AvgIpc) is 3.21. The second-order valence-electron chi connectivity index (χ2n) is 8.85. The maximum absolute atomic E-state index is 13.7. The van der Waals surface area contributed by atoms with Crippen LogP contribution >= 0.6 is 11.3 Å². The Labute approximate surface area is 220 Å². The first-order valence-corrected chi connectivity index (χ1v) is 13.1. The quantitative estimate of drug-likeness (QED) is 0.408. The van der Waals surface area contributed by atoms with Gasteiger partial charge < -0.3 is 5.32 Å². The number of nitrogens with zero attached hydrogens (tertiary/aromatic N) is 2. The number of thiazole rings is 1. The van der Waals surface area contributed by atoms with Gasteiger partial charge in [-0.15, -0.1) is 11.3 Å². The van der Waals surface area contributed by atoms with E-state index in [9.17, 15) is 14.9 Å². The van der Waals surface area contributed by atoms with E-state index in [4.69, 9.17) is 0 Å². The molecule has 37 heavy (non-hydrogen) atoms. The van der Waals surface area contributed by atoms with Crippen LogP contribution in [0, 0.1) is 25.2 Å². The monoisotopic (exact) mass is 507 g/mol. The summed E-state index contributed by atoms with van der Waals surface area (Å²) < 4.78 is 2.22. The largest absolute Gasteiger partial charge is 0.321 e. The highest BCUT2D eigenvalue weighted by atomic mass is 32.1. The van der Waals surface area contributed by atoms with Crippen molar-refractivity contribution in [3.8, 4) is 11.8 Å². The van der Waals surface area contributed by atoms with E-state index in [0.29, 0.717) is 14.9 Å². The highest BCUT2D eigenvalue weighted by Crippen LogP contribution is 2.23. The molecule has 0 atom stereocenters. The van der Waals surface area contributed by atoms with Crippen LogP contribution in [-0.4, -0.2) is 10.5 Å². The summed E-state index contributed by atoms with van der Waals surface area (Å²) in [5.41, 5.74) is 6.07. The number of rotatable bonds is 6. The van der Waals surface area contributed by atoms with Crippen molar-refractivity contribution in [2.24, 2.45) is 0 Å². The Balaban J connectivity index is 1.97. The molecule has 0 bridgehead atoms. The number of hydrogen-bond acceptors (Lipinski definition) is 4. The Morgan fingerprint density at radius 1 is 1.00 bits per heavy atom. The number of anilines is 1. The van der Waals surface area contributed by atoms with Crippen molar-refractivity contribution in [2.45, 2.75) is 40.5 Å². The van der Waals surface area contributed by atoms with Crippen LogP contribution < -0.4 is 20.1 Å². The lowest BCUT2D eigenvalue weighted by Crippen LogP contribution is -2.32. The SMILES string of the molecule is CCc1cccc(CC)c1NC(=O)/C(C#N)=c1\s/c(=C/c2ccc(C)cc2C)c(=O)n1-c1ccccc1. The highest BCUT2D eigenvalue weighted by molar-refractivity contribution is 7.07. The fourth-order valence-electron chi connectivity index (χ4n) is 4.37. The summed E-state index contributed by atoms with van der Waals surface area (Å²) in [5.74, 6) is -0.526. The number of carbonyl (C=O) groups is 1. The standard InChI is InChI=1S/C31H29N3O2S/c1-5-22-11-10-12-23(6-2)28(22)33-29(35)26(19-32)31-34(25-13-8-7-9-14-25)30(36)27(37-31)18-24-16-15-20(3)17-21(24)4/h7-18H,5-6H2,1-4H3,(H,33,35)/b27-18+,31-26-. The fourth-order valence-corrected chi connectivity index (χ4v) is 5.46. The Morgan fingerprint density at radius 2 is 1.68 bits per heavy atom. The van der Waals surface area contributed by atoms with Gasteiger partial charge in [0.25, 0.3) is 11.5 Å². The summed E-state index contributed by atoms with van der Waals surface area (Å²) in [7, 11) is 0. The fraction of sp³-hybridized carbons (Fsp3) is 0.194. The highest BCUT2D eigenvalue weighted by Gasteiger charge is 2.19. The number of amides is 1. The Morgan fingerprint density at radius 3 is 2.27 bits per heavy atom. The van der Waals surface area contributed by atoms with Gasteiger partial charge in [-0.25, -0.2) is 0 Å². The van der Waals surface area contributed by atoms with Crippen LogP contribution in [0.1, 0.15) is 41.7 Å². The van der Waals surface area contributed by atoms with E-state index >= 15 is 0 Å². The first kappa shape index (κ1) is 25.9. The van der Waals surface area contributed by atoms with Crippen LogP contribution in [-0.2, 0) is 17.6 Å². The van der Waals surface area contributed by atoms with Gasteiger partial charge in [0.2, 0.25) is 0 Å². The van der Waals surface area contributed by atoms with Crippen molar-refractivity contribution < 1.29 is 4.79 Å². The smallest absolute Gasteiger partial charge is 0.273 e. The lowest BCUT2D eigenvalue weighted by molar-refractivity contribution is -0.111. The van der Waals surface area contributed by atoms with Crippen molar-refractivity contribution >= 4 is 34.6 Å². The summed E-state index contributed by atoms with van der Waals surface area (Å²) in [5, 5.41) is 13.1. The molecule has 1 aromatic heterocycles. The number of carbonyl (C=O) groups excluding carboxylic acids is 1. The van der Waals surface area contributed by atoms with Gasteiger partial charge in [0, 0.05) is 5.69 Å². The lowest BCUT2D eigenvalue weighted by Gasteiger charge is -2.14. The van der Waals surface area contributed by atoms with Gasteiger partial charge >= 0.3 is 0 Å². The van der Waals surface area contributed by atoms with E-state index in [-0.39, 0.29) is 11.1 Å². The molecule has 0 aliphatic heterocycles. The summed E-state index contributed by atoms with van der Waals surface area (Å²) in [6.45, 7) is 8.08. The maximum Gasteiger partial charge on any atom is 0.273 e. The lowest BCUT2D eigenvalue weighted by atomic mass is 10.0. The van der Waals surface area contributed by atoms with Crippen LogP contribution in [0.3, 0.4) is 0 Å². The zero-order valence-corrected chi connectivity index (χ0v) is 22.3. The third-order valence-corrected chi connectivity index (χ3v) is 7.43. The molecule has 3 aromatic carbocycles. The Hall–Kier alpha value is -4.21. The van der Waals surface area contributed by atoms with Crippen molar-refractivity contribution in [3.05, 3.63) is 114 Å². The molecule has 4 aromatic rings. The van der Waals surface area contributed by atoms with E-state index < -0.39 is 5.91 Å². The predicted octanol–water partition coefficient (Wildman–Crippen LogP) is 4.78. The van der Waals surface area contributed by atoms with E-state index in [0.717, 1.165) is 57.7 Å². The summed E-state index contributed by atoms with van der Waals surface area (Å²) in [6.07, 6.45) is 3.32. The molecule has 0 saturated carbocycles. The molecule has 1 heterocycles. The minimum absolute atomic E-state index is 0.0980. The molecule has 0 spiro atoms. The van der Waals surface area contributed by atoms with E-state index in [1.165, 1.54) is 4.57 Å². The van der Waals surface area contributed by atoms with E-state index in [1.54, 1.807) is 12.1 Å². The number of hydrogen-bond donors (Lipinski definition) is 1. The zero-order valence-electron chi connectivity index (χ0n) is 21.5. The van der Waals surface area contributed by atoms with Gasteiger partial charge in [-0.2, -0.15) is 5.26 Å². The van der Waals surface area contributed by atoms with Crippen LogP contribution in [0.2, 0.25) is 0 Å². The average molecular weight is 508 g/mol. The minimum Gasteiger partial charge on any atom is -0.321 e. The maximum atomic E-state index is 13.7. The molecular weight excluding hydrogens is 478 g/mol. The zero-order chi connectivity index (χ0) is 26.5. The molecule has 6 heteroatoms. The van der Waals surface area contributed by atoms with Gasteiger partial charge in [0.15, 0.2) is 5.57 Å². The van der Waals surface area contributed by atoms with Crippen LogP contribution in [0.15, 0.2) is 71.5 Å².